The van der Waals surface area contributed by atoms with Crippen LogP contribution in [0.25, 0.3) is 0 Å². The molecule has 2 aromatic carbocycles. The number of aliphatic hydroxyl groups is 1. The molecule has 0 aliphatic heterocycles. The molecule has 7 nitrogen and oxygen atoms in total. The lowest BCUT2D eigenvalue weighted by Gasteiger charge is -2.31. The molecule has 9 heteroatoms. The predicted octanol–water partition coefficient (Wildman–Crippen LogP) is 5.73. The molecule has 0 aliphatic carbocycles. The van der Waals surface area contributed by atoms with Crippen molar-refractivity contribution in [3.8, 4) is 0 Å². The summed E-state index contributed by atoms with van der Waals surface area (Å²) in [7, 11) is 0. The van der Waals surface area contributed by atoms with Gasteiger partial charge in [-0.25, -0.2) is 4.79 Å². The van der Waals surface area contributed by atoms with Gasteiger partial charge in [-0.1, -0.05) is 48.3 Å². The number of hydrogen-bond donors (Lipinski definition) is 3. The van der Waals surface area contributed by atoms with Crippen molar-refractivity contribution in [3.63, 3.8) is 0 Å². The number of benzene rings is 2. The van der Waals surface area contributed by atoms with E-state index in [-0.39, 0.29) is 24.5 Å². The second kappa shape index (κ2) is 13.3. The zero-order valence-corrected chi connectivity index (χ0v) is 21.8. The van der Waals surface area contributed by atoms with Crippen LogP contribution < -0.4 is 10.6 Å². The molecule has 1 heterocycles. The summed E-state index contributed by atoms with van der Waals surface area (Å²) in [5.74, 6) is -0.144. The second-order valence-corrected chi connectivity index (χ2v) is 9.28. The molecule has 3 N–H and O–H groups in total. The Morgan fingerprint density at radius 3 is 2.36 bits per heavy atom. The second-order valence-electron chi connectivity index (χ2n) is 8.47. The van der Waals surface area contributed by atoms with Gasteiger partial charge in [-0.05, 0) is 67.3 Å². The summed E-state index contributed by atoms with van der Waals surface area (Å²) in [6.07, 6.45) is 3.63. The van der Waals surface area contributed by atoms with Crippen molar-refractivity contribution in [2.75, 3.05) is 18.4 Å². The van der Waals surface area contributed by atoms with Gasteiger partial charge in [0, 0.05) is 36.2 Å². The summed E-state index contributed by atoms with van der Waals surface area (Å²) in [6, 6.07) is 15.3. The molecule has 0 saturated carbocycles. The highest BCUT2D eigenvalue weighted by atomic mass is 35.5. The molecule has 36 heavy (non-hydrogen) atoms. The van der Waals surface area contributed by atoms with Crippen LogP contribution in [-0.2, 0) is 6.42 Å². The number of hydrogen-bond acceptors (Lipinski definition) is 4. The largest absolute Gasteiger partial charge is 0.387 e. The Hall–Kier alpha value is -3.13. The number of anilines is 1. The molecule has 1 aromatic heterocycles. The average Bonchev–Trinajstić information content (AvgIpc) is 2.89. The topological polar surface area (TPSA) is 94.6 Å². The maximum atomic E-state index is 13.1. The lowest BCUT2D eigenvalue weighted by atomic mass is 10.1. The number of carbonyl (C=O) groups excluding carboxylic acids is 2. The monoisotopic (exact) mass is 528 g/mol. The minimum absolute atomic E-state index is 0.0919. The maximum Gasteiger partial charge on any atom is 0.322 e. The van der Waals surface area contributed by atoms with E-state index in [1.54, 1.807) is 47.6 Å². The summed E-state index contributed by atoms with van der Waals surface area (Å²) in [5.41, 5.74) is 2.82. The standard InChI is InChI=1S/C27H30Cl2N4O3/c1-3-18(2)33(17-25(34)21-6-9-23(28)24(29)16-21)27(36)32-22-7-4-19(5-8-22)10-15-31-26(35)20-11-13-30-14-12-20/h4-9,11-14,16,18,25,34H,3,10,15,17H2,1-2H3,(H,31,35)(H,32,36)/t18-,25-/m1/s1. The van der Waals surface area contributed by atoms with Crippen molar-refractivity contribution < 1.29 is 14.7 Å². The molecule has 0 unspecified atom stereocenters. The number of rotatable bonds is 10. The fourth-order valence-electron chi connectivity index (χ4n) is 3.57. The third kappa shape index (κ3) is 7.68. The van der Waals surface area contributed by atoms with Gasteiger partial charge in [0.2, 0.25) is 0 Å². The molecule has 190 valence electrons. The summed E-state index contributed by atoms with van der Waals surface area (Å²) < 4.78 is 0. The molecule has 3 amide bonds. The van der Waals surface area contributed by atoms with Crippen molar-refractivity contribution in [2.24, 2.45) is 0 Å². The molecule has 0 fully saturated rings. The quantitative estimate of drug-likeness (QED) is 0.313. The Morgan fingerprint density at radius 2 is 1.72 bits per heavy atom. The van der Waals surface area contributed by atoms with Gasteiger partial charge < -0.3 is 20.6 Å². The molecule has 0 bridgehead atoms. The van der Waals surface area contributed by atoms with Gasteiger partial charge in [0.1, 0.15) is 0 Å². The minimum Gasteiger partial charge on any atom is -0.387 e. The first-order valence-corrected chi connectivity index (χ1v) is 12.5. The van der Waals surface area contributed by atoms with E-state index in [1.807, 2.05) is 38.1 Å². The number of carbonyl (C=O) groups is 2. The number of nitrogens with one attached hydrogen (secondary N) is 2. The third-order valence-electron chi connectivity index (χ3n) is 5.93. The number of urea groups is 1. The molecule has 2 atom stereocenters. The normalized spacial score (nSPS) is 12.5. The molecule has 0 spiro atoms. The lowest BCUT2D eigenvalue weighted by Crippen LogP contribution is -2.43. The zero-order chi connectivity index (χ0) is 26.1. The number of aliphatic hydroxyl groups excluding tert-OH is 1. The Bertz CT molecular complexity index is 1160. The van der Waals surface area contributed by atoms with E-state index in [1.165, 1.54) is 0 Å². The summed E-state index contributed by atoms with van der Waals surface area (Å²) in [6.45, 7) is 4.51. The van der Waals surface area contributed by atoms with Gasteiger partial charge in [0.15, 0.2) is 0 Å². The Balaban J connectivity index is 1.56. The van der Waals surface area contributed by atoms with Gasteiger partial charge in [0.05, 0.1) is 22.7 Å². The van der Waals surface area contributed by atoms with Crippen molar-refractivity contribution in [3.05, 3.63) is 93.7 Å². The van der Waals surface area contributed by atoms with Crippen molar-refractivity contribution in [2.45, 2.75) is 38.8 Å². The predicted molar refractivity (Wildman–Crippen MR) is 144 cm³/mol. The molecule has 0 radical (unpaired) electrons. The van der Waals surface area contributed by atoms with E-state index in [2.05, 4.69) is 15.6 Å². The van der Waals surface area contributed by atoms with Crippen LogP contribution in [0.1, 0.15) is 47.9 Å². The van der Waals surface area contributed by atoms with Gasteiger partial charge in [-0.15, -0.1) is 0 Å². The number of pyridine rings is 1. The fraction of sp³-hybridized carbons (Fsp3) is 0.296. The number of nitrogens with zero attached hydrogens (tertiary/aromatic N) is 2. The van der Waals surface area contributed by atoms with Gasteiger partial charge in [0.25, 0.3) is 5.91 Å². The number of amides is 3. The van der Waals surface area contributed by atoms with Crippen molar-refractivity contribution in [1.29, 1.82) is 0 Å². The minimum atomic E-state index is -0.913. The number of halogens is 2. The van der Waals surface area contributed by atoms with Crippen LogP contribution in [0.3, 0.4) is 0 Å². The Morgan fingerprint density at radius 1 is 1.03 bits per heavy atom. The lowest BCUT2D eigenvalue weighted by molar-refractivity contribution is 0.0954. The fourth-order valence-corrected chi connectivity index (χ4v) is 3.88. The smallest absolute Gasteiger partial charge is 0.322 e. The molecule has 3 rings (SSSR count). The van der Waals surface area contributed by atoms with E-state index >= 15 is 0 Å². The third-order valence-corrected chi connectivity index (χ3v) is 6.67. The van der Waals surface area contributed by atoms with Gasteiger partial charge in [-0.3, -0.25) is 9.78 Å². The highest BCUT2D eigenvalue weighted by molar-refractivity contribution is 6.42. The average molecular weight is 529 g/mol. The molecular weight excluding hydrogens is 499 g/mol. The van der Waals surface area contributed by atoms with E-state index in [9.17, 15) is 14.7 Å². The van der Waals surface area contributed by atoms with Crippen molar-refractivity contribution in [1.82, 2.24) is 15.2 Å². The van der Waals surface area contributed by atoms with Gasteiger partial charge in [-0.2, -0.15) is 0 Å². The van der Waals surface area contributed by atoms with Crippen LogP contribution in [0.4, 0.5) is 10.5 Å². The highest BCUT2D eigenvalue weighted by Gasteiger charge is 2.23. The first kappa shape index (κ1) is 27.5. The van der Waals surface area contributed by atoms with Crippen LogP contribution in [0.5, 0.6) is 0 Å². The van der Waals surface area contributed by atoms with E-state index in [4.69, 9.17) is 23.2 Å². The summed E-state index contributed by atoms with van der Waals surface area (Å²) in [5, 5.41) is 17.3. The van der Waals surface area contributed by atoms with E-state index in [0.29, 0.717) is 39.8 Å². The summed E-state index contributed by atoms with van der Waals surface area (Å²) >= 11 is 12.1. The number of aromatic nitrogens is 1. The van der Waals surface area contributed by atoms with E-state index < -0.39 is 6.10 Å². The van der Waals surface area contributed by atoms with E-state index in [0.717, 1.165) is 12.0 Å². The van der Waals surface area contributed by atoms with Crippen molar-refractivity contribution >= 4 is 40.8 Å². The summed E-state index contributed by atoms with van der Waals surface area (Å²) in [4.78, 5) is 30.7. The van der Waals surface area contributed by atoms with Gasteiger partial charge >= 0.3 is 6.03 Å². The highest BCUT2D eigenvalue weighted by Crippen LogP contribution is 2.26. The van der Waals surface area contributed by atoms with Crippen LogP contribution in [-0.4, -0.2) is 46.1 Å². The van der Waals surface area contributed by atoms with Crippen LogP contribution in [0.2, 0.25) is 10.0 Å². The SMILES string of the molecule is CC[C@@H](C)N(C[C@@H](O)c1ccc(Cl)c(Cl)c1)C(=O)Nc1ccc(CCNC(=O)c2ccncc2)cc1. The Kier molecular flexibility index (Phi) is 10.1. The first-order chi connectivity index (χ1) is 17.3. The van der Waals surface area contributed by atoms with Crippen LogP contribution >= 0.6 is 23.2 Å². The molecule has 0 saturated heterocycles. The Labute approximate surface area is 221 Å². The van der Waals surface area contributed by atoms with Crippen LogP contribution in [0.15, 0.2) is 67.0 Å². The zero-order valence-electron chi connectivity index (χ0n) is 20.2. The molecule has 3 aromatic rings. The molecular formula is C27H30Cl2N4O3. The first-order valence-electron chi connectivity index (χ1n) is 11.8. The molecule has 0 aliphatic rings. The van der Waals surface area contributed by atoms with Crippen LogP contribution in [0, 0.1) is 0 Å². The maximum absolute atomic E-state index is 13.1.